The van der Waals surface area contributed by atoms with Crippen molar-refractivity contribution in [2.75, 3.05) is 17.2 Å². The van der Waals surface area contributed by atoms with Crippen molar-refractivity contribution in [3.63, 3.8) is 0 Å². The van der Waals surface area contributed by atoms with Gasteiger partial charge in [0.15, 0.2) is 5.11 Å². The number of ether oxygens (including phenoxy) is 2. The number of carbonyl (C=O) groups excluding carboxylic acids is 1. The molecule has 0 fully saturated rings. The van der Waals surface area contributed by atoms with Gasteiger partial charge in [-0.3, -0.25) is 0 Å². The van der Waals surface area contributed by atoms with E-state index in [9.17, 15) is 4.79 Å². The Morgan fingerprint density at radius 3 is 2.53 bits per heavy atom. The second kappa shape index (κ2) is 10.6. The molecule has 3 aromatic rings. The maximum Gasteiger partial charge on any atom is 0.341 e. The highest BCUT2D eigenvalue weighted by Gasteiger charge is 2.26. The fraction of sp³-hybridized carbons (Fsp3) is 0.280. The monoisotopic (exact) mass is 466 g/mol. The van der Waals surface area contributed by atoms with Crippen LogP contribution in [0.2, 0.25) is 0 Å². The molecule has 0 saturated heterocycles. The van der Waals surface area contributed by atoms with Crippen molar-refractivity contribution in [2.24, 2.45) is 0 Å². The topological polar surface area (TPSA) is 59.6 Å². The second-order valence-corrected chi connectivity index (χ2v) is 9.03. The molecule has 1 aliphatic carbocycles. The van der Waals surface area contributed by atoms with E-state index in [0.717, 1.165) is 53.2 Å². The zero-order chi connectivity index (χ0) is 22.3. The van der Waals surface area contributed by atoms with Gasteiger partial charge in [0.2, 0.25) is 0 Å². The molecule has 2 N–H and O–H groups in total. The van der Waals surface area contributed by atoms with E-state index in [1.165, 1.54) is 4.88 Å². The number of benzene rings is 2. The summed E-state index contributed by atoms with van der Waals surface area (Å²) in [4.78, 5) is 13.9. The Morgan fingerprint density at radius 1 is 1.03 bits per heavy atom. The SMILES string of the molecule is CCOC(=O)c1c(NC(=S)Nc2ccc(OCc3ccccc3)cc2)sc2c1CCCC2. The van der Waals surface area contributed by atoms with E-state index in [2.05, 4.69) is 10.6 Å². The Balaban J connectivity index is 1.39. The van der Waals surface area contributed by atoms with Crippen LogP contribution in [-0.4, -0.2) is 17.7 Å². The van der Waals surface area contributed by atoms with Crippen LogP contribution in [0.15, 0.2) is 54.6 Å². The third-order valence-corrected chi connectivity index (χ3v) is 6.65. The summed E-state index contributed by atoms with van der Waals surface area (Å²) in [6.07, 6.45) is 4.15. The van der Waals surface area contributed by atoms with E-state index in [-0.39, 0.29) is 5.97 Å². The minimum Gasteiger partial charge on any atom is -0.489 e. The quantitative estimate of drug-likeness (QED) is 0.320. The van der Waals surface area contributed by atoms with E-state index in [1.807, 2.05) is 61.5 Å². The van der Waals surface area contributed by atoms with Gasteiger partial charge in [0.05, 0.1) is 12.2 Å². The highest BCUT2D eigenvalue weighted by molar-refractivity contribution is 7.80. The molecule has 1 heterocycles. The highest BCUT2D eigenvalue weighted by Crippen LogP contribution is 2.38. The first-order valence-corrected chi connectivity index (χ1v) is 12.0. The number of nitrogens with one attached hydrogen (secondary N) is 2. The Hall–Kier alpha value is -2.90. The van der Waals surface area contributed by atoms with Crippen LogP contribution in [0.3, 0.4) is 0 Å². The number of hydrogen-bond donors (Lipinski definition) is 2. The predicted octanol–water partition coefficient (Wildman–Crippen LogP) is 6.19. The Labute approximate surface area is 197 Å². The molecule has 0 aliphatic heterocycles. The zero-order valence-electron chi connectivity index (χ0n) is 18.0. The number of rotatable bonds is 7. The summed E-state index contributed by atoms with van der Waals surface area (Å²) >= 11 is 7.12. The van der Waals surface area contributed by atoms with Crippen LogP contribution < -0.4 is 15.4 Å². The molecule has 0 spiro atoms. The van der Waals surface area contributed by atoms with Gasteiger partial charge >= 0.3 is 5.97 Å². The lowest BCUT2D eigenvalue weighted by molar-refractivity contribution is 0.0526. The zero-order valence-corrected chi connectivity index (χ0v) is 19.6. The number of aryl methyl sites for hydroxylation is 1. The fourth-order valence-electron chi connectivity index (χ4n) is 3.71. The average Bonchev–Trinajstić information content (AvgIpc) is 3.17. The molecule has 0 radical (unpaired) electrons. The van der Waals surface area contributed by atoms with E-state index in [0.29, 0.717) is 23.9 Å². The Kier molecular flexibility index (Phi) is 7.39. The van der Waals surface area contributed by atoms with Crippen LogP contribution in [0.25, 0.3) is 0 Å². The Bertz CT molecular complexity index is 1080. The summed E-state index contributed by atoms with van der Waals surface area (Å²) in [6.45, 7) is 2.70. The van der Waals surface area contributed by atoms with Crippen molar-refractivity contribution in [2.45, 2.75) is 39.2 Å². The molecule has 0 atom stereocenters. The predicted molar refractivity (Wildman–Crippen MR) is 134 cm³/mol. The van der Waals surface area contributed by atoms with E-state index >= 15 is 0 Å². The van der Waals surface area contributed by atoms with Crippen LogP contribution in [-0.2, 0) is 24.2 Å². The van der Waals surface area contributed by atoms with E-state index in [4.69, 9.17) is 21.7 Å². The first-order valence-electron chi connectivity index (χ1n) is 10.8. The third-order valence-electron chi connectivity index (χ3n) is 5.24. The summed E-state index contributed by atoms with van der Waals surface area (Å²) in [5.74, 6) is 0.505. The van der Waals surface area contributed by atoms with Gasteiger partial charge in [0.25, 0.3) is 0 Å². The van der Waals surface area contributed by atoms with Crippen LogP contribution in [0, 0.1) is 0 Å². The van der Waals surface area contributed by atoms with Gasteiger partial charge in [0.1, 0.15) is 17.4 Å². The molecule has 5 nitrogen and oxygen atoms in total. The van der Waals surface area contributed by atoms with E-state index < -0.39 is 0 Å². The van der Waals surface area contributed by atoms with Crippen LogP contribution >= 0.6 is 23.6 Å². The Morgan fingerprint density at radius 2 is 1.78 bits per heavy atom. The standard InChI is InChI=1S/C25H26N2O3S2/c1-2-29-24(28)22-20-10-6-7-11-21(20)32-23(22)27-25(31)26-18-12-14-19(15-13-18)30-16-17-8-4-3-5-9-17/h3-5,8-9,12-15H,2,6-7,10-11,16H2,1H3,(H2,26,27,31). The van der Waals surface area contributed by atoms with Gasteiger partial charge in [-0.2, -0.15) is 0 Å². The first kappa shape index (κ1) is 22.3. The van der Waals surface area contributed by atoms with Crippen molar-refractivity contribution in [3.05, 3.63) is 76.2 Å². The largest absolute Gasteiger partial charge is 0.489 e. The lowest BCUT2D eigenvalue weighted by atomic mass is 9.95. The number of esters is 1. The van der Waals surface area contributed by atoms with Gasteiger partial charge in [0, 0.05) is 10.6 Å². The minimum atomic E-state index is -0.280. The van der Waals surface area contributed by atoms with Crippen LogP contribution in [0.1, 0.15) is 46.1 Å². The van der Waals surface area contributed by atoms with Crippen molar-refractivity contribution in [1.29, 1.82) is 0 Å². The summed E-state index contributed by atoms with van der Waals surface area (Å²) in [7, 11) is 0. The number of fused-ring (bicyclic) bond motifs is 1. The molecule has 0 unspecified atom stereocenters. The molecule has 166 valence electrons. The molecular weight excluding hydrogens is 440 g/mol. The van der Waals surface area contributed by atoms with Gasteiger partial charge in [-0.25, -0.2) is 4.79 Å². The van der Waals surface area contributed by atoms with Crippen molar-refractivity contribution in [1.82, 2.24) is 0 Å². The molecular formula is C25H26N2O3S2. The molecule has 0 saturated carbocycles. The smallest absolute Gasteiger partial charge is 0.341 e. The maximum atomic E-state index is 12.6. The molecule has 7 heteroatoms. The van der Waals surface area contributed by atoms with Crippen LogP contribution in [0.5, 0.6) is 5.75 Å². The average molecular weight is 467 g/mol. The third kappa shape index (κ3) is 5.47. The number of thiophene rings is 1. The minimum absolute atomic E-state index is 0.280. The molecule has 4 rings (SSSR count). The summed E-state index contributed by atoms with van der Waals surface area (Å²) in [5, 5.41) is 7.61. The summed E-state index contributed by atoms with van der Waals surface area (Å²) in [6, 6.07) is 17.7. The lowest BCUT2D eigenvalue weighted by Crippen LogP contribution is -2.20. The van der Waals surface area contributed by atoms with Crippen molar-refractivity contribution < 1.29 is 14.3 Å². The molecule has 1 aromatic heterocycles. The number of anilines is 2. The normalized spacial score (nSPS) is 12.5. The van der Waals surface area contributed by atoms with Gasteiger partial charge in [-0.1, -0.05) is 30.3 Å². The summed E-state index contributed by atoms with van der Waals surface area (Å²) in [5.41, 5.74) is 3.72. The number of carbonyl (C=O) groups is 1. The van der Waals surface area contributed by atoms with Gasteiger partial charge < -0.3 is 20.1 Å². The van der Waals surface area contributed by atoms with Gasteiger partial charge in [-0.05, 0) is 80.2 Å². The number of hydrogen-bond acceptors (Lipinski definition) is 5. The fourth-order valence-corrected chi connectivity index (χ4v) is 5.28. The second-order valence-electron chi connectivity index (χ2n) is 7.51. The molecule has 2 aromatic carbocycles. The maximum absolute atomic E-state index is 12.6. The first-order chi connectivity index (χ1) is 15.6. The highest BCUT2D eigenvalue weighted by atomic mass is 32.1. The molecule has 1 aliphatic rings. The molecule has 32 heavy (non-hydrogen) atoms. The summed E-state index contributed by atoms with van der Waals surface area (Å²) < 4.78 is 11.1. The van der Waals surface area contributed by atoms with Gasteiger partial charge in [-0.15, -0.1) is 11.3 Å². The molecule has 0 amide bonds. The van der Waals surface area contributed by atoms with E-state index in [1.54, 1.807) is 11.3 Å². The molecule has 0 bridgehead atoms. The van der Waals surface area contributed by atoms with Crippen molar-refractivity contribution >= 4 is 45.3 Å². The number of thiocarbonyl (C=S) groups is 1. The lowest BCUT2D eigenvalue weighted by Gasteiger charge is -2.13. The van der Waals surface area contributed by atoms with Crippen LogP contribution in [0.4, 0.5) is 10.7 Å². The van der Waals surface area contributed by atoms with Crippen molar-refractivity contribution in [3.8, 4) is 5.75 Å².